The van der Waals surface area contributed by atoms with E-state index in [2.05, 4.69) is 25.4 Å². The van der Waals surface area contributed by atoms with Gasteiger partial charge in [0.25, 0.3) is 23.6 Å². The highest BCUT2D eigenvalue weighted by atomic mass is 16.6. The fourth-order valence-electron chi connectivity index (χ4n) is 17.5. The number of piperidine rings is 1. The van der Waals surface area contributed by atoms with Crippen molar-refractivity contribution in [2.75, 3.05) is 136 Å². The van der Waals surface area contributed by atoms with Crippen molar-refractivity contribution in [3.8, 4) is 11.3 Å². The van der Waals surface area contributed by atoms with Crippen LogP contribution in [0.2, 0.25) is 0 Å². The van der Waals surface area contributed by atoms with E-state index in [1.165, 1.54) is 13.4 Å². The minimum atomic E-state index is -2.49. The third-order valence-electron chi connectivity index (χ3n) is 25.2. The van der Waals surface area contributed by atoms with Crippen molar-refractivity contribution in [2.24, 2.45) is 40.5 Å². The first-order chi connectivity index (χ1) is 61.1. The number of hydrogen-bond acceptors (Lipinski definition) is 32. The number of hydrogen-bond donors (Lipinski definition) is 9. The zero-order valence-corrected chi connectivity index (χ0v) is 74.6. The number of ether oxygens (including phenoxy) is 8. The van der Waals surface area contributed by atoms with Gasteiger partial charge in [-0.2, -0.15) is 10.1 Å². The Bertz CT molecular complexity index is 4630. The number of amides is 4. The Morgan fingerprint density at radius 2 is 1.49 bits per heavy atom. The summed E-state index contributed by atoms with van der Waals surface area (Å²) in [7, 11) is 3.09. The largest absolute Gasteiger partial charge is 0.459 e. The quantitative estimate of drug-likeness (QED) is 0.00914. The Morgan fingerprint density at radius 1 is 0.748 bits per heavy atom. The molecule has 0 spiro atoms. The van der Waals surface area contributed by atoms with Crippen molar-refractivity contribution in [3.05, 3.63) is 89.6 Å². The van der Waals surface area contributed by atoms with Gasteiger partial charge in [-0.25, -0.2) is 29.4 Å². The highest BCUT2D eigenvalue weighted by molar-refractivity contribution is 6.39. The van der Waals surface area contributed by atoms with Crippen LogP contribution in [0.5, 0.6) is 0 Å². The Labute approximate surface area is 741 Å². The number of piperazine rings is 1. The number of nitrogens with one attached hydrogen (secondary N) is 1. The third-order valence-corrected chi connectivity index (χ3v) is 25.2. The maximum atomic E-state index is 14.7. The summed E-state index contributed by atoms with van der Waals surface area (Å²) in [6, 6.07) is 3.45. The summed E-state index contributed by atoms with van der Waals surface area (Å²) < 4.78 is 53.8. The monoisotopic (exact) mass is 1770 g/mol. The SMILES string of the molecule is CO[C@H]1C[C@@H]2CC[C@@H](C)[C@@](O)(O2)C(=O)C(=O)N2CCCC[C@H]2C(=O)O[C@H]([C@H](N)C[C@@H]2CC[C@@H](O)[C@H](OC)C2)C[C@@H](O)[C@H](C)/C=C(\C)[C@@H](O)[C@@H](O)/C(=N/OCC(=O)N2CCc3nc(N4CCN(C(=O)CCOCCOCCOCCOCCC(=O)NCCCCn5nc(-c6ccc7oc(N)nc7c6)c6c(N)ncnc65)CC4)ncc3C2)[C@H](C)C[C@H](C)/C=C/C=C/C=C/1C. The molecule has 4 fully saturated rings. The second-order valence-corrected chi connectivity index (χ2v) is 34.5. The third kappa shape index (κ3) is 26.9. The fourth-order valence-corrected chi connectivity index (χ4v) is 17.5. The zero-order chi connectivity index (χ0) is 90.8. The molecule has 3 saturated heterocycles. The van der Waals surface area contributed by atoms with Crippen molar-refractivity contribution in [2.45, 2.75) is 230 Å². The van der Waals surface area contributed by atoms with Crippen LogP contribution in [0.15, 0.2) is 87.9 Å². The number of aliphatic hydroxyl groups is 5. The number of benzene rings is 1. The van der Waals surface area contributed by atoms with E-state index in [4.69, 9.17) is 79.4 Å². The van der Waals surface area contributed by atoms with E-state index >= 15 is 0 Å². The van der Waals surface area contributed by atoms with E-state index in [0.29, 0.717) is 196 Å². The lowest BCUT2D eigenvalue weighted by atomic mass is 9.80. The molecule has 37 nitrogen and oxygen atoms in total. The molecule has 5 aliphatic heterocycles. The zero-order valence-electron chi connectivity index (χ0n) is 74.6. The van der Waals surface area contributed by atoms with Crippen LogP contribution in [0.4, 0.5) is 17.8 Å². The Balaban J connectivity index is 0.606. The molecular formula is C90H132N16O21. The molecule has 698 valence electrons. The van der Waals surface area contributed by atoms with E-state index in [1.807, 2.05) is 73.1 Å². The number of allylic oxidation sites excluding steroid dienone is 5. The number of ketones is 1. The van der Waals surface area contributed by atoms with Gasteiger partial charge in [-0.05, 0) is 132 Å². The number of Topliss-reactive ketones (excluding diaryl/α,β-unsaturated/α-hetero) is 1. The molecule has 12 N–H and O–H groups in total. The molecule has 2 bridgehead atoms. The number of carbonyl (C=O) groups excluding carboxylic acids is 6. The number of aliphatic hydroxyl groups excluding tert-OH is 4. The van der Waals surface area contributed by atoms with Crippen LogP contribution in [0.1, 0.15) is 156 Å². The van der Waals surface area contributed by atoms with Crippen LogP contribution < -0.4 is 27.4 Å². The molecular weight excluding hydrogens is 1640 g/mol. The Hall–Kier alpha value is -9.35. The number of nitrogens with zero attached hydrogens (tertiary/aromatic N) is 12. The van der Waals surface area contributed by atoms with E-state index in [9.17, 15) is 54.3 Å². The molecule has 16 atom stereocenters. The van der Waals surface area contributed by atoms with Crippen LogP contribution in [0.3, 0.4) is 0 Å². The Kier molecular flexibility index (Phi) is 37.0. The van der Waals surface area contributed by atoms with Gasteiger partial charge in [0, 0.05) is 140 Å². The van der Waals surface area contributed by atoms with Gasteiger partial charge < -0.3 is 115 Å². The first-order valence-corrected chi connectivity index (χ1v) is 44.9. The summed E-state index contributed by atoms with van der Waals surface area (Å²) >= 11 is 0. The molecule has 1 aromatic carbocycles. The second kappa shape index (κ2) is 47.8. The number of aromatic nitrogens is 7. The summed E-state index contributed by atoms with van der Waals surface area (Å²) in [5.41, 5.74) is 25.0. The number of anilines is 3. The standard InChI is InChI=1S/C90H132N16O21/c1-55-16-10-9-11-17-56(2)72(118-7)49-64-22-19-60(6)90(117,127-64)83(114)86(115)105-29-14-12-18-68(105)87(116)125-73(65(91)46-61-20-23-69(107)74(47-61)119-8)50-70(108)57(3)45-59(5)81(112)82(113)79(58(4)44-55)101-124-53-77(111)104-31-25-66-63(52-104)51-95-89(99-66)103-34-32-102(33-35-103)76(110)27-37-121-39-41-123-43-42-122-40-38-120-36-26-75(109)94-28-13-15-30-106-85-78(84(92)96-54-97-85)80(100-106)62-21-24-71-67(48-62)98-88(93)126-71/h9-11,16-17,21,24,45,48,51,54-55,57-58,60-61,64-65,68-70,72-74,81-82,107-108,112-113,117H,12-15,18-20,22-23,25-44,46-47,49-50,52-53,91H2,1-8H3,(H2,93,98)(H,94,109)(H2,92,96,97)/b11-9+,16-10+,56-17+,59-45+,101-79+/t55-,57-,58-,60-,61+,64+,65-,68+,69-,70-,72+,73+,74-,81-,82+,90-/m1/s1. The van der Waals surface area contributed by atoms with Gasteiger partial charge in [0.1, 0.15) is 47.7 Å². The molecule has 4 amide bonds. The minimum Gasteiger partial charge on any atom is -0.459 e. The van der Waals surface area contributed by atoms with Crippen LogP contribution in [0.25, 0.3) is 33.4 Å². The predicted molar refractivity (Wildman–Crippen MR) is 470 cm³/mol. The van der Waals surface area contributed by atoms with E-state index in [0.717, 1.165) is 33.7 Å². The molecule has 1 aliphatic carbocycles. The van der Waals surface area contributed by atoms with Crippen LogP contribution in [-0.4, -0.2) is 302 Å². The van der Waals surface area contributed by atoms with Gasteiger partial charge in [0.05, 0.1) is 107 Å². The maximum absolute atomic E-state index is 14.7. The van der Waals surface area contributed by atoms with Crippen LogP contribution in [-0.2, 0) is 91.0 Å². The summed E-state index contributed by atoms with van der Waals surface area (Å²) in [5.74, 6) is -7.44. The molecule has 0 unspecified atom stereocenters. The number of unbranched alkanes of at least 4 members (excludes halogenated alkanes) is 1. The van der Waals surface area contributed by atoms with Crippen molar-refractivity contribution in [1.29, 1.82) is 0 Å². The molecule has 6 aliphatic rings. The lowest BCUT2D eigenvalue weighted by molar-refractivity contribution is -0.265. The lowest BCUT2D eigenvalue weighted by Gasteiger charge is -2.42. The second-order valence-electron chi connectivity index (χ2n) is 34.5. The number of oxime groups is 1. The van der Waals surface area contributed by atoms with E-state index in [1.54, 1.807) is 55.8 Å². The Morgan fingerprint density at radius 3 is 2.23 bits per heavy atom. The molecule has 127 heavy (non-hydrogen) atoms. The first kappa shape index (κ1) is 98.2. The van der Waals surface area contributed by atoms with Gasteiger partial charge in [0.2, 0.25) is 23.5 Å². The normalized spacial score (nSPS) is 28.6. The number of nitrogen functional groups attached to an aromatic ring is 2. The van der Waals surface area contributed by atoms with Gasteiger partial charge in [-0.1, -0.05) is 69.3 Å². The number of cyclic esters (lactones) is 1. The van der Waals surface area contributed by atoms with Crippen molar-refractivity contribution in [3.63, 3.8) is 0 Å². The molecule has 5 aromatic rings. The number of carbonyl (C=O) groups is 6. The van der Waals surface area contributed by atoms with Crippen molar-refractivity contribution in [1.82, 2.24) is 54.7 Å². The van der Waals surface area contributed by atoms with Crippen LogP contribution in [0, 0.1) is 29.6 Å². The lowest BCUT2D eigenvalue weighted by Crippen LogP contribution is -2.61. The number of aryl methyl sites for hydroxylation is 1. The number of methoxy groups -OCH3 is 2. The average Bonchev–Trinajstić information content (AvgIpc) is 1.71. The van der Waals surface area contributed by atoms with E-state index < -0.39 is 109 Å². The number of esters is 1. The fraction of sp³-hybridized carbons (Fsp3) is 0.656. The van der Waals surface area contributed by atoms with E-state index in [-0.39, 0.29) is 105 Å². The number of nitrogens with two attached hydrogens (primary N) is 3. The van der Waals surface area contributed by atoms with Crippen LogP contribution >= 0.6 is 0 Å². The maximum Gasteiger partial charge on any atom is 0.329 e. The highest BCUT2D eigenvalue weighted by Crippen LogP contribution is 2.39. The predicted octanol–water partition coefficient (Wildman–Crippen LogP) is 5.39. The first-order valence-electron chi connectivity index (χ1n) is 44.9. The van der Waals surface area contributed by atoms with Gasteiger partial charge >= 0.3 is 5.97 Å². The topological polar surface area (TPSA) is 497 Å². The molecule has 11 rings (SSSR count). The van der Waals surface area contributed by atoms with Crippen molar-refractivity contribution >= 4 is 81.0 Å². The smallest absolute Gasteiger partial charge is 0.329 e. The average molecular weight is 1770 g/mol. The van der Waals surface area contributed by atoms with Crippen molar-refractivity contribution < 1.29 is 101 Å². The molecule has 1 saturated carbocycles. The van der Waals surface area contributed by atoms with Gasteiger partial charge in [-0.15, -0.1) is 0 Å². The summed E-state index contributed by atoms with van der Waals surface area (Å²) in [6.07, 6.45) is 13.0. The number of rotatable bonds is 30. The highest BCUT2D eigenvalue weighted by Gasteiger charge is 2.53. The van der Waals surface area contributed by atoms with Gasteiger partial charge in [-0.3, -0.25) is 24.0 Å². The summed E-state index contributed by atoms with van der Waals surface area (Å²) in [6.45, 7) is 16.4. The number of oxazole rings is 1. The molecule has 9 heterocycles. The molecule has 0 radical (unpaired) electrons. The summed E-state index contributed by atoms with van der Waals surface area (Å²) in [4.78, 5) is 118. The minimum absolute atomic E-state index is 0.0191. The van der Waals surface area contributed by atoms with Gasteiger partial charge in [0.15, 0.2) is 17.8 Å². The summed E-state index contributed by atoms with van der Waals surface area (Å²) in [5, 5.41) is 72.0. The molecule has 4 aromatic heterocycles. The molecule has 37 heteroatoms. The number of fused-ring (bicyclic) bond motifs is 6.